The molecule has 0 spiro atoms. The van der Waals surface area contributed by atoms with E-state index >= 15 is 0 Å². The van der Waals surface area contributed by atoms with Crippen LogP contribution < -0.4 is 5.32 Å². The van der Waals surface area contributed by atoms with Crippen molar-refractivity contribution in [2.45, 2.75) is 58.0 Å². The fourth-order valence-corrected chi connectivity index (χ4v) is 4.90. The highest BCUT2D eigenvalue weighted by Gasteiger charge is 2.30. The summed E-state index contributed by atoms with van der Waals surface area (Å²) in [6.07, 6.45) is 0.873. The molecule has 5 heteroatoms. The molecule has 0 radical (unpaired) electrons. The highest BCUT2D eigenvalue weighted by Crippen LogP contribution is 2.19. The van der Waals surface area contributed by atoms with Gasteiger partial charge in [0.2, 0.25) is 11.8 Å². The van der Waals surface area contributed by atoms with Gasteiger partial charge in [-0.05, 0) is 37.5 Å². The van der Waals surface area contributed by atoms with Gasteiger partial charge in [0.15, 0.2) is 0 Å². The minimum atomic E-state index is -0.577. The number of amides is 2. The van der Waals surface area contributed by atoms with E-state index < -0.39 is 6.04 Å². The van der Waals surface area contributed by atoms with Crippen molar-refractivity contribution in [1.82, 2.24) is 10.2 Å². The van der Waals surface area contributed by atoms with E-state index in [-0.39, 0.29) is 17.9 Å². The van der Waals surface area contributed by atoms with Gasteiger partial charge in [0.25, 0.3) is 0 Å². The number of hydrogen-bond donors (Lipinski definition) is 1. The second kappa shape index (κ2) is 13.7. The smallest absolute Gasteiger partial charge is 0.243 e. The monoisotopic (exact) mass is 488 g/mol. The molecular formula is C30H36N2O2S. The molecule has 35 heavy (non-hydrogen) atoms. The number of nitrogens with zero attached hydrogens (tertiary/aromatic N) is 1. The molecule has 0 aliphatic heterocycles. The van der Waals surface area contributed by atoms with Crippen LogP contribution in [0.25, 0.3) is 0 Å². The lowest BCUT2D eigenvalue weighted by atomic mass is 10.0. The molecule has 4 nitrogen and oxygen atoms in total. The van der Waals surface area contributed by atoms with Crippen LogP contribution >= 0.6 is 11.8 Å². The number of thioether (sulfide) groups is 1. The molecule has 184 valence electrons. The molecule has 2 amide bonds. The molecule has 0 aliphatic carbocycles. The Kier molecular flexibility index (Phi) is 10.4. The minimum Gasteiger partial charge on any atom is -0.352 e. The lowest BCUT2D eigenvalue weighted by molar-refractivity contribution is -0.141. The molecule has 0 aromatic heterocycles. The number of rotatable bonds is 12. The number of carbonyl (C=O) groups excluding carboxylic acids is 2. The zero-order valence-electron chi connectivity index (χ0n) is 20.9. The molecular weight excluding hydrogens is 452 g/mol. The molecule has 0 heterocycles. The van der Waals surface area contributed by atoms with Crippen LogP contribution in [0.5, 0.6) is 0 Å². The Bertz CT molecular complexity index is 1070. The molecule has 0 saturated carbocycles. The van der Waals surface area contributed by atoms with Gasteiger partial charge in [-0.15, -0.1) is 0 Å². The number of carbonyl (C=O) groups is 2. The Hall–Kier alpha value is -3.05. The van der Waals surface area contributed by atoms with Crippen LogP contribution in [0.2, 0.25) is 0 Å². The lowest BCUT2D eigenvalue weighted by Gasteiger charge is -2.32. The maximum Gasteiger partial charge on any atom is 0.243 e. The molecule has 3 aromatic carbocycles. The van der Waals surface area contributed by atoms with Crippen molar-refractivity contribution in [1.29, 1.82) is 0 Å². The Morgan fingerprint density at radius 2 is 1.49 bits per heavy atom. The van der Waals surface area contributed by atoms with Crippen molar-refractivity contribution in [3.05, 3.63) is 107 Å². The minimum absolute atomic E-state index is 0.00174. The van der Waals surface area contributed by atoms with Crippen LogP contribution in [0, 0.1) is 6.92 Å². The van der Waals surface area contributed by atoms with E-state index in [0.717, 1.165) is 22.4 Å². The predicted molar refractivity (Wildman–Crippen MR) is 146 cm³/mol. The Labute approximate surface area is 214 Å². The third kappa shape index (κ3) is 8.91. The number of aryl methyl sites for hydroxylation is 1. The molecule has 1 atom stereocenters. The van der Waals surface area contributed by atoms with Crippen molar-refractivity contribution in [3.63, 3.8) is 0 Å². The van der Waals surface area contributed by atoms with Gasteiger partial charge in [0.05, 0.1) is 0 Å². The first-order valence-corrected chi connectivity index (χ1v) is 13.4. The van der Waals surface area contributed by atoms with E-state index in [1.54, 1.807) is 16.7 Å². The second-order valence-electron chi connectivity index (χ2n) is 9.17. The highest BCUT2D eigenvalue weighted by atomic mass is 32.2. The van der Waals surface area contributed by atoms with Gasteiger partial charge in [-0.3, -0.25) is 9.59 Å². The lowest BCUT2D eigenvalue weighted by Crippen LogP contribution is -2.51. The highest BCUT2D eigenvalue weighted by molar-refractivity contribution is 7.98. The van der Waals surface area contributed by atoms with Crippen molar-refractivity contribution < 1.29 is 9.59 Å². The fraction of sp³-hybridized carbons (Fsp3) is 0.333. The second-order valence-corrected chi connectivity index (χ2v) is 10.3. The molecule has 1 N–H and O–H groups in total. The molecule has 3 aromatic rings. The van der Waals surface area contributed by atoms with Crippen molar-refractivity contribution in [3.8, 4) is 0 Å². The van der Waals surface area contributed by atoms with E-state index in [0.29, 0.717) is 25.1 Å². The fourth-order valence-electron chi connectivity index (χ4n) is 4.01. The number of hydrogen-bond acceptors (Lipinski definition) is 3. The van der Waals surface area contributed by atoms with Gasteiger partial charge in [0.1, 0.15) is 6.04 Å². The van der Waals surface area contributed by atoms with Crippen molar-refractivity contribution in [2.75, 3.05) is 5.75 Å². The molecule has 0 aliphatic rings. The van der Waals surface area contributed by atoms with Gasteiger partial charge in [-0.25, -0.2) is 0 Å². The van der Waals surface area contributed by atoms with Gasteiger partial charge < -0.3 is 10.2 Å². The van der Waals surface area contributed by atoms with Crippen molar-refractivity contribution >= 4 is 23.6 Å². The van der Waals surface area contributed by atoms with E-state index in [1.165, 1.54) is 5.56 Å². The summed E-state index contributed by atoms with van der Waals surface area (Å²) >= 11 is 1.75. The summed E-state index contributed by atoms with van der Waals surface area (Å²) in [6.45, 7) is 6.35. The first-order chi connectivity index (χ1) is 16.9. The van der Waals surface area contributed by atoms with Gasteiger partial charge in [-0.2, -0.15) is 11.8 Å². The average Bonchev–Trinajstić information content (AvgIpc) is 2.85. The summed E-state index contributed by atoms with van der Waals surface area (Å²) in [4.78, 5) is 28.7. The number of nitrogens with one attached hydrogen (secondary N) is 1. The SMILES string of the molecule is Cc1cccc(CN(C(=O)CCSCc2ccccc2)[C@H](Cc2ccccc2)C(=O)NC(C)C)c1. The Balaban J connectivity index is 1.79. The van der Waals surface area contributed by atoms with E-state index in [9.17, 15) is 9.59 Å². The molecule has 0 fully saturated rings. The Morgan fingerprint density at radius 1 is 0.857 bits per heavy atom. The third-order valence-corrected chi connectivity index (χ3v) is 6.74. The topological polar surface area (TPSA) is 49.4 Å². The van der Waals surface area contributed by atoms with Crippen molar-refractivity contribution in [2.24, 2.45) is 0 Å². The molecule has 0 unspecified atom stereocenters. The van der Waals surface area contributed by atoms with Gasteiger partial charge in [0, 0.05) is 36.9 Å². The van der Waals surface area contributed by atoms with Gasteiger partial charge >= 0.3 is 0 Å². The van der Waals surface area contributed by atoms with E-state index in [2.05, 4.69) is 23.5 Å². The van der Waals surface area contributed by atoms with Crippen LogP contribution in [0.3, 0.4) is 0 Å². The average molecular weight is 489 g/mol. The summed E-state index contributed by atoms with van der Waals surface area (Å²) in [7, 11) is 0. The first kappa shape index (κ1) is 26.6. The zero-order valence-corrected chi connectivity index (χ0v) is 21.8. The number of benzene rings is 3. The van der Waals surface area contributed by atoms with E-state index in [4.69, 9.17) is 0 Å². The summed E-state index contributed by atoms with van der Waals surface area (Å²) in [6, 6.07) is 27.8. The summed E-state index contributed by atoms with van der Waals surface area (Å²) in [5.74, 6) is 1.48. The van der Waals surface area contributed by atoms with Crippen LogP contribution in [-0.4, -0.2) is 34.6 Å². The Morgan fingerprint density at radius 3 is 2.11 bits per heavy atom. The third-order valence-electron chi connectivity index (χ3n) is 5.71. The normalized spacial score (nSPS) is 11.8. The summed E-state index contributed by atoms with van der Waals surface area (Å²) in [5, 5.41) is 3.05. The summed E-state index contributed by atoms with van der Waals surface area (Å²) in [5.41, 5.74) is 4.46. The van der Waals surface area contributed by atoms with Gasteiger partial charge in [-0.1, -0.05) is 90.5 Å². The zero-order chi connectivity index (χ0) is 25.0. The standard InChI is InChI=1S/C30H36N2O2S/c1-23(2)31-30(34)28(20-25-12-6-4-7-13-25)32(21-27-16-10-11-24(3)19-27)29(33)17-18-35-22-26-14-8-5-9-15-26/h4-16,19,23,28H,17-18,20-22H2,1-3H3,(H,31,34)/t28-/m1/s1. The van der Waals surface area contributed by atoms with Crippen LogP contribution in [-0.2, 0) is 28.3 Å². The maximum atomic E-state index is 13.6. The first-order valence-electron chi connectivity index (χ1n) is 12.2. The quantitative estimate of drug-likeness (QED) is 0.329. The summed E-state index contributed by atoms with van der Waals surface area (Å²) < 4.78 is 0. The van der Waals surface area contributed by atoms with E-state index in [1.807, 2.05) is 87.5 Å². The van der Waals surface area contributed by atoms with Crippen LogP contribution in [0.4, 0.5) is 0 Å². The van der Waals surface area contributed by atoms with Crippen LogP contribution in [0.1, 0.15) is 42.5 Å². The molecule has 3 rings (SSSR count). The predicted octanol–water partition coefficient (Wildman–Crippen LogP) is 5.78. The maximum absolute atomic E-state index is 13.6. The van der Waals surface area contributed by atoms with Crippen LogP contribution in [0.15, 0.2) is 84.9 Å². The molecule has 0 bridgehead atoms. The largest absolute Gasteiger partial charge is 0.352 e. The molecule has 0 saturated heterocycles.